The van der Waals surface area contributed by atoms with Crippen LogP contribution in [0.4, 0.5) is 0 Å². The number of nitrogens with zero attached hydrogens (tertiary/aromatic N) is 1. The van der Waals surface area contributed by atoms with Crippen LogP contribution >= 0.6 is 11.3 Å². The molecule has 27 heavy (non-hydrogen) atoms. The average molecular weight is 374 g/mol. The lowest BCUT2D eigenvalue weighted by Gasteiger charge is -2.12. The van der Waals surface area contributed by atoms with E-state index in [0.717, 1.165) is 27.1 Å². The van der Waals surface area contributed by atoms with E-state index in [-0.39, 0.29) is 5.91 Å². The first-order valence-electron chi connectivity index (χ1n) is 8.66. The first-order chi connectivity index (χ1) is 13.3. The van der Waals surface area contributed by atoms with Gasteiger partial charge in [0.05, 0.1) is 15.7 Å². The molecule has 4 nitrogen and oxygen atoms in total. The summed E-state index contributed by atoms with van der Waals surface area (Å²) >= 11 is 1.53. The van der Waals surface area contributed by atoms with Crippen molar-refractivity contribution in [2.75, 3.05) is 0 Å². The number of amides is 1. The second-order valence-corrected chi connectivity index (χ2v) is 6.97. The molecule has 0 spiro atoms. The van der Waals surface area contributed by atoms with Crippen LogP contribution in [0.3, 0.4) is 0 Å². The number of hydrogen-bond acceptors (Lipinski definition) is 4. The molecule has 0 atom stereocenters. The Labute approximate surface area is 161 Å². The van der Waals surface area contributed by atoms with Gasteiger partial charge >= 0.3 is 0 Å². The van der Waals surface area contributed by atoms with Crippen molar-refractivity contribution >= 4 is 27.5 Å². The van der Waals surface area contributed by atoms with Gasteiger partial charge in [-0.2, -0.15) is 0 Å². The van der Waals surface area contributed by atoms with E-state index in [1.807, 2.05) is 72.8 Å². The molecule has 0 bridgehead atoms. The summed E-state index contributed by atoms with van der Waals surface area (Å²) in [6.45, 7) is 0.913. The van der Waals surface area contributed by atoms with Crippen LogP contribution in [0.5, 0.6) is 5.75 Å². The predicted octanol–water partition coefficient (Wildman–Crippen LogP) is 4.81. The minimum atomic E-state index is -0.0934. The zero-order chi connectivity index (χ0) is 18.5. The van der Waals surface area contributed by atoms with Crippen molar-refractivity contribution in [1.82, 2.24) is 10.3 Å². The number of aromatic nitrogens is 1. The van der Waals surface area contributed by atoms with Gasteiger partial charge < -0.3 is 10.1 Å². The highest BCUT2D eigenvalue weighted by atomic mass is 32.1. The summed E-state index contributed by atoms with van der Waals surface area (Å²) in [4.78, 5) is 16.8. The van der Waals surface area contributed by atoms with Crippen LogP contribution in [0.15, 0.2) is 78.3 Å². The number of carbonyl (C=O) groups is 1. The third kappa shape index (κ3) is 4.15. The molecule has 1 heterocycles. The molecule has 1 amide bonds. The van der Waals surface area contributed by atoms with Crippen LogP contribution in [-0.2, 0) is 13.2 Å². The molecule has 0 aliphatic carbocycles. The number of carbonyl (C=O) groups excluding carboxylic acids is 1. The Morgan fingerprint density at radius 1 is 0.963 bits per heavy atom. The standard InChI is InChI=1S/C22H18N2O2S/c25-22(16-10-11-20-21(12-16)27-15-24-20)23-13-17-6-4-5-7-18(17)14-26-19-8-2-1-3-9-19/h1-12,15H,13-14H2,(H,23,25). The van der Waals surface area contributed by atoms with Gasteiger partial charge in [-0.1, -0.05) is 42.5 Å². The lowest BCUT2D eigenvalue weighted by Crippen LogP contribution is -2.23. The summed E-state index contributed by atoms with van der Waals surface area (Å²) < 4.78 is 6.86. The molecule has 5 heteroatoms. The predicted molar refractivity (Wildman–Crippen MR) is 108 cm³/mol. The van der Waals surface area contributed by atoms with Gasteiger partial charge in [0.15, 0.2) is 0 Å². The van der Waals surface area contributed by atoms with Gasteiger partial charge in [-0.05, 0) is 41.5 Å². The van der Waals surface area contributed by atoms with Crippen LogP contribution in [0.2, 0.25) is 0 Å². The number of ether oxygens (including phenoxy) is 1. The smallest absolute Gasteiger partial charge is 0.251 e. The van der Waals surface area contributed by atoms with E-state index in [4.69, 9.17) is 4.74 Å². The fourth-order valence-corrected chi connectivity index (χ4v) is 3.54. The van der Waals surface area contributed by atoms with Gasteiger partial charge in [-0.3, -0.25) is 4.79 Å². The van der Waals surface area contributed by atoms with Crippen molar-refractivity contribution in [2.24, 2.45) is 0 Å². The Balaban J connectivity index is 1.42. The van der Waals surface area contributed by atoms with Gasteiger partial charge in [0.2, 0.25) is 0 Å². The fourth-order valence-electron chi connectivity index (χ4n) is 2.82. The Kier molecular flexibility index (Phi) is 5.12. The van der Waals surface area contributed by atoms with Gasteiger partial charge in [-0.15, -0.1) is 11.3 Å². The second kappa shape index (κ2) is 8.01. The van der Waals surface area contributed by atoms with Crippen LogP contribution in [0, 0.1) is 0 Å². The topological polar surface area (TPSA) is 51.2 Å². The SMILES string of the molecule is O=C(NCc1ccccc1COc1ccccc1)c1ccc2ncsc2c1. The minimum absolute atomic E-state index is 0.0934. The molecule has 0 fully saturated rings. The summed E-state index contributed by atoms with van der Waals surface area (Å²) in [7, 11) is 0. The fraction of sp³-hybridized carbons (Fsp3) is 0.0909. The van der Waals surface area contributed by atoms with Crippen LogP contribution in [-0.4, -0.2) is 10.9 Å². The van der Waals surface area contributed by atoms with Crippen molar-refractivity contribution in [1.29, 1.82) is 0 Å². The zero-order valence-electron chi connectivity index (χ0n) is 14.6. The van der Waals surface area contributed by atoms with Gasteiger partial charge in [0, 0.05) is 12.1 Å². The van der Waals surface area contributed by atoms with Crippen LogP contribution in [0.25, 0.3) is 10.2 Å². The van der Waals surface area contributed by atoms with Crippen molar-refractivity contribution in [3.8, 4) is 5.75 Å². The number of nitrogens with one attached hydrogen (secondary N) is 1. The summed E-state index contributed by atoms with van der Waals surface area (Å²) in [5, 5.41) is 3.00. The monoisotopic (exact) mass is 374 g/mol. The number of hydrogen-bond donors (Lipinski definition) is 1. The minimum Gasteiger partial charge on any atom is -0.489 e. The lowest BCUT2D eigenvalue weighted by molar-refractivity contribution is 0.0951. The number of thiazole rings is 1. The molecule has 4 aromatic rings. The lowest BCUT2D eigenvalue weighted by atomic mass is 10.1. The molecule has 3 aromatic carbocycles. The zero-order valence-corrected chi connectivity index (χ0v) is 15.4. The Bertz CT molecular complexity index is 1060. The molecule has 0 radical (unpaired) electrons. The molecule has 134 valence electrons. The van der Waals surface area contributed by atoms with E-state index in [9.17, 15) is 4.79 Å². The van der Waals surface area contributed by atoms with Crippen LogP contribution in [0.1, 0.15) is 21.5 Å². The first kappa shape index (κ1) is 17.2. The van der Waals surface area contributed by atoms with Gasteiger partial charge in [0.1, 0.15) is 12.4 Å². The number of fused-ring (bicyclic) bond motifs is 1. The number of para-hydroxylation sites is 1. The first-order valence-corrected chi connectivity index (χ1v) is 9.53. The maximum absolute atomic E-state index is 12.5. The van der Waals surface area contributed by atoms with Crippen LogP contribution < -0.4 is 10.1 Å². The Morgan fingerprint density at radius 2 is 1.74 bits per heavy atom. The largest absolute Gasteiger partial charge is 0.489 e. The average Bonchev–Trinajstić information content (AvgIpc) is 3.19. The quantitative estimate of drug-likeness (QED) is 0.527. The highest BCUT2D eigenvalue weighted by molar-refractivity contribution is 7.16. The molecule has 0 aliphatic rings. The maximum atomic E-state index is 12.5. The third-order valence-electron chi connectivity index (χ3n) is 4.29. The van der Waals surface area contributed by atoms with Gasteiger partial charge in [0.25, 0.3) is 5.91 Å². The number of rotatable bonds is 6. The van der Waals surface area contributed by atoms with Crippen molar-refractivity contribution < 1.29 is 9.53 Å². The molecule has 0 aliphatic heterocycles. The highest BCUT2D eigenvalue weighted by Gasteiger charge is 2.09. The summed E-state index contributed by atoms with van der Waals surface area (Å²) in [6, 6.07) is 23.3. The van der Waals surface area contributed by atoms with Gasteiger partial charge in [-0.25, -0.2) is 4.98 Å². The van der Waals surface area contributed by atoms with E-state index in [2.05, 4.69) is 10.3 Å². The Hall–Kier alpha value is -3.18. The van der Waals surface area contributed by atoms with E-state index in [1.54, 1.807) is 5.51 Å². The molecule has 1 N–H and O–H groups in total. The highest BCUT2D eigenvalue weighted by Crippen LogP contribution is 2.19. The molecular formula is C22H18N2O2S. The van der Waals surface area contributed by atoms with E-state index >= 15 is 0 Å². The normalized spacial score (nSPS) is 10.7. The summed E-state index contributed by atoms with van der Waals surface area (Å²) in [5.41, 5.74) is 5.44. The second-order valence-electron chi connectivity index (χ2n) is 6.09. The maximum Gasteiger partial charge on any atom is 0.251 e. The third-order valence-corrected chi connectivity index (χ3v) is 5.08. The molecule has 4 rings (SSSR count). The molecular weight excluding hydrogens is 356 g/mol. The Morgan fingerprint density at radius 3 is 2.59 bits per heavy atom. The van der Waals surface area contributed by atoms with E-state index in [0.29, 0.717) is 18.7 Å². The summed E-state index contributed by atoms with van der Waals surface area (Å²) in [5.74, 6) is 0.735. The number of benzene rings is 3. The molecule has 0 saturated carbocycles. The van der Waals surface area contributed by atoms with Crippen molar-refractivity contribution in [3.63, 3.8) is 0 Å². The molecule has 0 saturated heterocycles. The van der Waals surface area contributed by atoms with E-state index in [1.165, 1.54) is 11.3 Å². The molecule has 1 aromatic heterocycles. The van der Waals surface area contributed by atoms with E-state index < -0.39 is 0 Å². The molecule has 0 unspecified atom stereocenters. The van der Waals surface area contributed by atoms with Crippen molar-refractivity contribution in [3.05, 3.63) is 95.0 Å². The van der Waals surface area contributed by atoms with Crippen molar-refractivity contribution in [2.45, 2.75) is 13.2 Å². The summed E-state index contributed by atoms with van der Waals surface area (Å²) in [6.07, 6.45) is 0.